The Balaban J connectivity index is 3.35. The summed E-state index contributed by atoms with van der Waals surface area (Å²) in [6.07, 6.45) is 92.5. The van der Waals surface area contributed by atoms with E-state index in [1.165, 1.54) is 347 Å². The minimum absolute atomic E-state index is 0.00506. The maximum Gasteiger partial charge on any atom is 0.305 e. The summed E-state index contributed by atoms with van der Waals surface area (Å²) in [5.74, 6) is -0.0218. The van der Waals surface area contributed by atoms with Crippen LogP contribution in [-0.4, -0.2) is 47.4 Å². The molecule has 1 amide bonds. The molecule has 0 bridgehead atoms. The minimum atomic E-state index is -0.664. The minimum Gasteiger partial charge on any atom is -0.466 e. The third-order valence-electron chi connectivity index (χ3n) is 18.0. The quantitative estimate of drug-likeness (QED) is 0.0320. The molecule has 0 spiro atoms. The molecule has 3 N–H and O–H groups in total. The number of hydrogen-bond acceptors (Lipinski definition) is 5. The SMILES string of the molecule is CCCCC/C=C\C/C=C\CCCCCCCC(=O)OCCCCCCCCCCCCCCCCCCCCCCCCCCCCCC(=O)NC(CO)C(O)CCCCCCCCCCCCCCCCCCCCCCCCCC. The molecular formula is C77H149NO5. The fraction of sp³-hybridized carbons (Fsp3) is 0.922. The molecule has 0 radical (unpaired) electrons. The Morgan fingerprint density at radius 3 is 0.940 bits per heavy atom. The number of amides is 1. The lowest BCUT2D eigenvalue weighted by atomic mass is 10.0. The molecule has 83 heavy (non-hydrogen) atoms. The number of nitrogens with one attached hydrogen (secondary N) is 1. The van der Waals surface area contributed by atoms with E-state index >= 15 is 0 Å². The molecule has 6 nitrogen and oxygen atoms in total. The Labute approximate surface area is 520 Å². The topological polar surface area (TPSA) is 95.9 Å². The highest BCUT2D eigenvalue weighted by Gasteiger charge is 2.20. The van der Waals surface area contributed by atoms with Crippen molar-refractivity contribution in [3.63, 3.8) is 0 Å². The van der Waals surface area contributed by atoms with E-state index in [-0.39, 0.29) is 18.5 Å². The average Bonchev–Trinajstić information content (AvgIpc) is 3.48. The van der Waals surface area contributed by atoms with Crippen molar-refractivity contribution in [1.29, 1.82) is 0 Å². The summed E-state index contributed by atoms with van der Waals surface area (Å²) in [7, 11) is 0. The van der Waals surface area contributed by atoms with E-state index in [1.54, 1.807) is 0 Å². The Hall–Kier alpha value is -1.66. The van der Waals surface area contributed by atoms with E-state index in [1.807, 2.05) is 0 Å². The zero-order valence-electron chi connectivity index (χ0n) is 56.5. The number of carbonyl (C=O) groups excluding carboxylic acids is 2. The van der Waals surface area contributed by atoms with Crippen LogP contribution in [0.3, 0.4) is 0 Å². The Kier molecular flexibility index (Phi) is 71.4. The number of rotatable bonds is 72. The van der Waals surface area contributed by atoms with Gasteiger partial charge in [-0.05, 0) is 57.8 Å². The summed E-state index contributed by atoms with van der Waals surface area (Å²) in [5.41, 5.74) is 0. The second-order valence-electron chi connectivity index (χ2n) is 26.3. The number of unbranched alkanes of at least 4 members (excludes halogenated alkanes) is 57. The van der Waals surface area contributed by atoms with Crippen molar-refractivity contribution in [3.05, 3.63) is 24.3 Å². The normalized spacial score (nSPS) is 12.6. The van der Waals surface area contributed by atoms with Crippen LogP contribution in [-0.2, 0) is 14.3 Å². The van der Waals surface area contributed by atoms with E-state index in [2.05, 4.69) is 43.5 Å². The second kappa shape index (κ2) is 72.8. The predicted molar refractivity (Wildman–Crippen MR) is 366 cm³/mol. The number of esters is 1. The van der Waals surface area contributed by atoms with Gasteiger partial charge < -0.3 is 20.3 Å². The first-order valence-corrected chi connectivity index (χ1v) is 38.1. The largest absolute Gasteiger partial charge is 0.466 e. The molecule has 0 saturated heterocycles. The highest BCUT2D eigenvalue weighted by Crippen LogP contribution is 2.20. The van der Waals surface area contributed by atoms with Crippen LogP contribution in [0.4, 0.5) is 0 Å². The summed E-state index contributed by atoms with van der Waals surface area (Å²) in [4.78, 5) is 24.6. The van der Waals surface area contributed by atoms with Gasteiger partial charge in [0.25, 0.3) is 0 Å². The molecule has 0 aliphatic heterocycles. The summed E-state index contributed by atoms with van der Waals surface area (Å²) in [6.45, 7) is 4.97. The van der Waals surface area contributed by atoms with Crippen LogP contribution in [0.1, 0.15) is 431 Å². The van der Waals surface area contributed by atoms with Gasteiger partial charge in [0.05, 0.1) is 25.4 Å². The van der Waals surface area contributed by atoms with Gasteiger partial charge in [0.15, 0.2) is 0 Å². The van der Waals surface area contributed by atoms with Gasteiger partial charge in [0.2, 0.25) is 5.91 Å². The van der Waals surface area contributed by atoms with Gasteiger partial charge in [0.1, 0.15) is 0 Å². The smallest absolute Gasteiger partial charge is 0.305 e. The van der Waals surface area contributed by atoms with Crippen molar-refractivity contribution in [2.75, 3.05) is 13.2 Å². The third kappa shape index (κ3) is 69.3. The summed E-state index contributed by atoms with van der Waals surface area (Å²) >= 11 is 0. The molecule has 0 rings (SSSR count). The van der Waals surface area contributed by atoms with E-state index < -0.39 is 12.1 Å². The molecule has 0 aromatic carbocycles. The molecule has 0 aliphatic carbocycles. The van der Waals surface area contributed by atoms with E-state index in [0.717, 1.165) is 51.4 Å². The van der Waals surface area contributed by atoms with Crippen molar-refractivity contribution in [2.24, 2.45) is 0 Å². The van der Waals surface area contributed by atoms with E-state index in [4.69, 9.17) is 4.74 Å². The van der Waals surface area contributed by atoms with Gasteiger partial charge in [-0.2, -0.15) is 0 Å². The van der Waals surface area contributed by atoms with Crippen molar-refractivity contribution in [2.45, 2.75) is 443 Å². The average molecular weight is 1170 g/mol. The predicted octanol–water partition coefficient (Wildman–Crippen LogP) is 24.9. The number of hydrogen-bond donors (Lipinski definition) is 3. The van der Waals surface area contributed by atoms with Gasteiger partial charge in [-0.25, -0.2) is 0 Å². The van der Waals surface area contributed by atoms with Gasteiger partial charge in [-0.3, -0.25) is 9.59 Å². The fourth-order valence-electron chi connectivity index (χ4n) is 12.2. The highest BCUT2D eigenvalue weighted by atomic mass is 16.5. The molecule has 0 fully saturated rings. The lowest BCUT2D eigenvalue weighted by Gasteiger charge is -2.22. The van der Waals surface area contributed by atoms with Crippen LogP contribution in [0.2, 0.25) is 0 Å². The Morgan fingerprint density at radius 1 is 0.337 bits per heavy atom. The maximum atomic E-state index is 12.6. The molecule has 492 valence electrons. The number of carbonyl (C=O) groups is 2. The number of aliphatic hydroxyl groups excluding tert-OH is 2. The number of allylic oxidation sites excluding steroid dienone is 4. The van der Waals surface area contributed by atoms with E-state index in [0.29, 0.717) is 25.9 Å². The van der Waals surface area contributed by atoms with Crippen LogP contribution >= 0.6 is 0 Å². The maximum absolute atomic E-state index is 12.6. The third-order valence-corrected chi connectivity index (χ3v) is 18.0. The number of ether oxygens (including phenoxy) is 1. The molecular weight excluding hydrogens is 1020 g/mol. The zero-order valence-corrected chi connectivity index (χ0v) is 56.5. The van der Waals surface area contributed by atoms with Gasteiger partial charge >= 0.3 is 5.97 Å². The monoisotopic (exact) mass is 1170 g/mol. The standard InChI is InChI=1S/C77H149NO5/c1-3-5-7-9-11-13-15-17-19-20-21-22-23-29-32-35-38-42-45-49-53-57-61-65-69-75(80)74(73-79)78-76(81)70-66-62-58-54-50-46-43-39-36-33-30-27-25-24-26-28-31-34-37-40-44-48-52-56-60-64-68-72-83-77(82)71-67-63-59-55-51-47-41-18-16-14-12-10-8-6-4-2/h12,14,18,41,74-75,79-80H,3-11,13,15-17,19-40,42-73H2,1-2H3,(H,78,81)/b14-12-,41-18-. The molecule has 0 aromatic rings. The van der Waals surface area contributed by atoms with Crippen molar-refractivity contribution in [3.8, 4) is 0 Å². The lowest BCUT2D eigenvalue weighted by Crippen LogP contribution is -2.45. The van der Waals surface area contributed by atoms with Crippen LogP contribution in [0.25, 0.3) is 0 Å². The summed E-state index contributed by atoms with van der Waals surface area (Å²) < 4.78 is 5.49. The Bertz CT molecular complexity index is 1300. The lowest BCUT2D eigenvalue weighted by molar-refractivity contribution is -0.143. The van der Waals surface area contributed by atoms with Gasteiger partial charge in [0, 0.05) is 12.8 Å². The molecule has 2 unspecified atom stereocenters. The van der Waals surface area contributed by atoms with Gasteiger partial charge in [-0.1, -0.05) is 385 Å². The second-order valence-corrected chi connectivity index (χ2v) is 26.3. The molecule has 6 heteroatoms. The van der Waals surface area contributed by atoms with Crippen molar-refractivity contribution < 1.29 is 24.5 Å². The van der Waals surface area contributed by atoms with Crippen LogP contribution < -0.4 is 5.32 Å². The van der Waals surface area contributed by atoms with Crippen molar-refractivity contribution >= 4 is 11.9 Å². The molecule has 2 atom stereocenters. The zero-order chi connectivity index (χ0) is 59.9. The summed E-state index contributed by atoms with van der Waals surface area (Å²) in [6, 6.07) is -0.541. The Morgan fingerprint density at radius 2 is 0.602 bits per heavy atom. The van der Waals surface area contributed by atoms with Crippen LogP contribution in [0.5, 0.6) is 0 Å². The van der Waals surface area contributed by atoms with Crippen LogP contribution in [0.15, 0.2) is 24.3 Å². The fourth-order valence-corrected chi connectivity index (χ4v) is 12.2. The number of aliphatic hydroxyl groups is 2. The molecule has 0 saturated carbocycles. The molecule has 0 aliphatic rings. The highest BCUT2D eigenvalue weighted by molar-refractivity contribution is 5.76. The molecule has 0 aromatic heterocycles. The van der Waals surface area contributed by atoms with E-state index in [9.17, 15) is 19.8 Å². The first kappa shape index (κ1) is 81.3. The van der Waals surface area contributed by atoms with Crippen molar-refractivity contribution in [1.82, 2.24) is 5.32 Å². The summed E-state index contributed by atoms with van der Waals surface area (Å²) in [5, 5.41) is 23.5. The van der Waals surface area contributed by atoms with Gasteiger partial charge in [-0.15, -0.1) is 0 Å². The van der Waals surface area contributed by atoms with Crippen LogP contribution in [0, 0.1) is 0 Å². The first-order valence-electron chi connectivity index (χ1n) is 38.1. The first-order chi connectivity index (χ1) is 41.0. The molecule has 0 heterocycles.